The smallest absolute Gasteiger partial charge is 0.162 e. The van der Waals surface area contributed by atoms with Gasteiger partial charge in [-0.1, -0.05) is 29.8 Å². The Balaban J connectivity index is 1.79. The minimum absolute atomic E-state index is 0.0562. The number of fused-ring (bicyclic) bond motifs is 1. The maximum Gasteiger partial charge on any atom is 0.162 e. The molecule has 116 valence electrons. The van der Waals surface area contributed by atoms with Crippen LogP contribution in [0.15, 0.2) is 16.6 Å². The zero-order valence-electron chi connectivity index (χ0n) is 12.9. The lowest BCUT2D eigenvalue weighted by Crippen LogP contribution is -2.28. The highest BCUT2D eigenvalue weighted by Crippen LogP contribution is 2.38. The van der Waals surface area contributed by atoms with Crippen molar-refractivity contribution in [2.75, 3.05) is 26.3 Å². The summed E-state index contributed by atoms with van der Waals surface area (Å²) in [6.07, 6.45) is 3.63. The standard InChI is InChI=1S/C17H24BrNO2/c1-17(2)10-20-15-8-13(7-12-3-5-19-6-4-12)14(18)9-16(15)21-11-17/h8-9,12,19H,3-7,10-11H2,1-2H3. The van der Waals surface area contributed by atoms with Crippen LogP contribution in [0.2, 0.25) is 0 Å². The molecule has 1 fully saturated rings. The third-order valence-corrected chi connectivity index (χ3v) is 5.06. The van der Waals surface area contributed by atoms with Crippen LogP contribution in [0.4, 0.5) is 0 Å². The van der Waals surface area contributed by atoms with Crippen molar-refractivity contribution in [3.05, 3.63) is 22.2 Å². The van der Waals surface area contributed by atoms with Gasteiger partial charge in [-0.05, 0) is 56.0 Å². The van der Waals surface area contributed by atoms with E-state index in [0.29, 0.717) is 13.2 Å². The van der Waals surface area contributed by atoms with Crippen LogP contribution >= 0.6 is 15.9 Å². The van der Waals surface area contributed by atoms with E-state index in [1.807, 2.05) is 0 Å². The Morgan fingerprint density at radius 1 is 1.14 bits per heavy atom. The SMILES string of the molecule is CC1(C)COc2cc(Br)c(CC3CCNCC3)cc2OC1. The molecular formula is C17H24BrNO2. The molecule has 1 saturated heterocycles. The van der Waals surface area contributed by atoms with E-state index in [0.717, 1.165) is 41.4 Å². The van der Waals surface area contributed by atoms with Crippen molar-refractivity contribution in [2.45, 2.75) is 33.1 Å². The molecular weight excluding hydrogens is 330 g/mol. The third-order valence-electron chi connectivity index (χ3n) is 4.32. The average molecular weight is 354 g/mol. The lowest BCUT2D eigenvalue weighted by molar-refractivity contribution is 0.140. The highest BCUT2D eigenvalue weighted by molar-refractivity contribution is 9.10. The molecule has 0 atom stereocenters. The van der Waals surface area contributed by atoms with E-state index in [1.165, 1.54) is 18.4 Å². The Bertz CT molecular complexity index is 510. The van der Waals surface area contributed by atoms with Crippen molar-refractivity contribution >= 4 is 15.9 Å². The number of halogens is 1. The molecule has 2 aliphatic heterocycles. The van der Waals surface area contributed by atoms with Crippen LogP contribution < -0.4 is 14.8 Å². The van der Waals surface area contributed by atoms with Crippen LogP contribution in [0.25, 0.3) is 0 Å². The lowest BCUT2D eigenvalue weighted by atomic mass is 9.91. The molecule has 0 radical (unpaired) electrons. The first-order chi connectivity index (χ1) is 10.0. The highest BCUT2D eigenvalue weighted by Gasteiger charge is 2.26. The number of ether oxygens (including phenoxy) is 2. The van der Waals surface area contributed by atoms with Crippen molar-refractivity contribution in [1.82, 2.24) is 5.32 Å². The van der Waals surface area contributed by atoms with Crippen LogP contribution in [-0.2, 0) is 6.42 Å². The fourth-order valence-electron chi connectivity index (χ4n) is 2.94. The van der Waals surface area contributed by atoms with Gasteiger partial charge in [0.15, 0.2) is 11.5 Å². The molecule has 21 heavy (non-hydrogen) atoms. The Morgan fingerprint density at radius 3 is 2.43 bits per heavy atom. The van der Waals surface area contributed by atoms with E-state index < -0.39 is 0 Å². The molecule has 2 aliphatic rings. The van der Waals surface area contributed by atoms with Gasteiger partial charge in [0, 0.05) is 9.89 Å². The number of piperidine rings is 1. The van der Waals surface area contributed by atoms with Gasteiger partial charge in [0.05, 0.1) is 13.2 Å². The normalized spacial score (nSPS) is 21.9. The molecule has 2 heterocycles. The van der Waals surface area contributed by atoms with Gasteiger partial charge in [-0.15, -0.1) is 0 Å². The number of hydrogen-bond acceptors (Lipinski definition) is 3. The van der Waals surface area contributed by atoms with Gasteiger partial charge in [-0.2, -0.15) is 0 Å². The molecule has 0 amide bonds. The van der Waals surface area contributed by atoms with Gasteiger partial charge >= 0.3 is 0 Å². The van der Waals surface area contributed by atoms with Crippen molar-refractivity contribution < 1.29 is 9.47 Å². The first-order valence-corrected chi connectivity index (χ1v) is 8.61. The molecule has 4 heteroatoms. The highest BCUT2D eigenvalue weighted by atomic mass is 79.9. The van der Waals surface area contributed by atoms with Gasteiger partial charge in [0.1, 0.15) is 0 Å². The van der Waals surface area contributed by atoms with Crippen LogP contribution in [-0.4, -0.2) is 26.3 Å². The summed E-state index contributed by atoms with van der Waals surface area (Å²) < 4.78 is 13.1. The molecule has 1 aromatic carbocycles. The second-order valence-electron chi connectivity index (χ2n) is 7.03. The molecule has 1 N–H and O–H groups in total. The molecule has 0 saturated carbocycles. The molecule has 0 bridgehead atoms. The summed E-state index contributed by atoms with van der Waals surface area (Å²) in [5, 5.41) is 3.43. The maximum atomic E-state index is 5.99. The number of hydrogen-bond donors (Lipinski definition) is 1. The van der Waals surface area contributed by atoms with Gasteiger partial charge in [-0.25, -0.2) is 0 Å². The van der Waals surface area contributed by atoms with Crippen molar-refractivity contribution in [3.8, 4) is 11.5 Å². The zero-order valence-corrected chi connectivity index (χ0v) is 14.5. The molecule has 0 spiro atoms. The van der Waals surface area contributed by atoms with E-state index >= 15 is 0 Å². The van der Waals surface area contributed by atoms with E-state index in [4.69, 9.17) is 9.47 Å². The van der Waals surface area contributed by atoms with E-state index in [9.17, 15) is 0 Å². The van der Waals surface area contributed by atoms with Crippen molar-refractivity contribution in [1.29, 1.82) is 0 Å². The van der Waals surface area contributed by atoms with E-state index in [2.05, 4.69) is 47.2 Å². The number of nitrogens with one attached hydrogen (secondary N) is 1. The summed E-state index contributed by atoms with van der Waals surface area (Å²) in [4.78, 5) is 0. The first-order valence-electron chi connectivity index (χ1n) is 7.82. The van der Waals surface area contributed by atoms with Crippen LogP contribution in [0.5, 0.6) is 11.5 Å². The van der Waals surface area contributed by atoms with E-state index in [-0.39, 0.29) is 5.41 Å². The summed E-state index contributed by atoms with van der Waals surface area (Å²) in [7, 11) is 0. The number of rotatable bonds is 2. The average Bonchev–Trinajstić information content (AvgIpc) is 2.60. The van der Waals surface area contributed by atoms with Crippen LogP contribution in [0, 0.1) is 11.3 Å². The summed E-state index contributed by atoms with van der Waals surface area (Å²) in [5.74, 6) is 2.53. The molecule has 3 rings (SSSR count). The Hall–Kier alpha value is -0.740. The Morgan fingerprint density at radius 2 is 1.76 bits per heavy atom. The quantitative estimate of drug-likeness (QED) is 0.877. The zero-order chi connectivity index (χ0) is 14.9. The molecule has 3 nitrogen and oxygen atoms in total. The van der Waals surface area contributed by atoms with Gasteiger partial charge < -0.3 is 14.8 Å². The monoisotopic (exact) mass is 353 g/mol. The molecule has 1 aromatic rings. The van der Waals surface area contributed by atoms with Crippen LogP contribution in [0.3, 0.4) is 0 Å². The second-order valence-corrected chi connectivity index (χ2v) is 7.88. The topological polar surface area (TPSA) is 30.5 Å². The van der Waals surface area contributed by atoms with Gasteiger partial charge in [0.2, 0.25) is 0 Å². The molecule has 0 unspecified atom stereocenters. The van der Waals surface area contributed by atoms with E-state index in [1.54, 1.807) is 0 Å². The summed E-state index contributed by atoms with van der Waals surface area (Å²) >= 11 is 3.71. The Labute approximate surface area is 135 Å². The van der Waals surface area contributed by atoms with Crippen LogP contribution in [0.1, 0.15) is 32.3 Å². The van der Waals surface area contributed by atoms with Gasteiger partial charge in [-0.3, -0.25) is 0 Å². The minimum Gasteiger partial charge on any atom is -0.489 e. The Kier molecular flexibility index (Phi) is 4.46. The summed E-state index contributed by atoms with van der Waals surface area (Å²) in [6, 6.07) is 4.25. The van der Waals surface area contributed by atoms with Crippen molar-refractivity contribution in [2.24, 2.45) is 11.3 Å². The fraction of sp³-hybridized carbons (Fsp3) is 0.647. The first kappa shape index (κ1) is 15.2. The lowest BCUT2D eigenvalue weighted by Gasteiger charge is -2.23. The maximum absolute atomic E-state index is 5.99. The predicted molar refractivity (Wildman–Crippen MR) is 88.2 cm³/mol. The molecule has 0 aliphatic carbocycles. The third kappa shape index (κ3) is 3.72. The minimum atomic E-state index is 0.0562. The summed E-state index contributed by atoms with van der Waals surface area (Å²) in [5.41, 5.74) is 1.39. The fourth-order valence-corrected chi connectivity index (χ4v) is 3.43. The summed E-state index contributed by atoms with van der Waals surface area (Å²) in [6.45, 7) is 8.02. The second kappa shape index (κ2) is 6.17. The largest absolute Gasteiger partial charge is 0.489 e. The number of benzene rings is 1. The predicted octanol–water partition coefficient (Wildman–Crippen LogP) is 3.79. The van der Waals surface area contributed by atoms with Gasteiger partial charge in [0.25, 0.3) is 0 Å². The molecule has 0 aromatic heterocycles. The van der Waals surface area contributed by atoms with Crippen molar-refractivity contribution in [3.63, 3.8) is 0 Å².